The summed E-state index contributed by atoms with van der Waals surface area (Å²) in [4.78, 5) is 14.5. The molecule has 2 rings (SSSR count). The van der Waals surface area contributed by atoms with E-state index in [9.17, 15) is 4.79 Å². The molecule has 0 aliphatic carbocycles. The molecule has 0 aromatic heterocycles. The summed E-state index contributed by atoms with van der Waals surface area (Å²) in [6.45, 7) is 8.93. The van der Waals surface area contributed by atoms with Gasteiger partial charge in [-0.3, -0.25) is 4.79 Å². The first-order valence-corrected chi connectivity index (χ1v) is 7.63. The van der Waals surface area contributed by atoms with Crippen molar-refractivity contribution in [2.75, 3.05) is 16.8 Å². The Kier molecular flexibility index (Phi) is 4.50. The molecule has 110 valence electrons. The number of nitrogens with zero attached hydrogens (tertiary/aromatic N) is 1. The van der Waals surface area contributed by atoms with E-state index >= 15 is 0 Å². The topological polar surface area (TPSA) is 32.3 Å². The average Bonchev–Trinajstić information content (AvgIpc) is 2.34. The Morgan fingerprint density at radius 1 is 1.20 bits per heavy atom. The summed E-state index contributed by atoms with van der Waals surface area (Å²) in [5.74, 6) is 0.687. The Bertz CT molecular complexity index is 529. The predicted molar refractivity (Wildman–Crippen MR) is 85.9 cm³/mol. The van der Waals surface area contributed by atoms with Crippen molar-refractivity contribution < 1.29 is 4.79 Å². The van der Waals surface area contributed by atoms with Crippen molar-refractivity contribution in [3.05, 3.63) is 22.2 Å². The van der Waals surface area contributed by atoms with Gasteiger partial charge in [-0.05, 0) is 24.0 Å². The lowest BCUT2D eigenvalue weighted by Crippen LogP contribution is -2.50. The van der Waals surface area contributed by atoms with E-state index in [-0.39, 0.29) is 17.9 Å². The van der Waals surface area contributed by atoms with Crippen molar-refractivity contribution in [1.29, 1.82) is 0 Å². The maximum absolute atomic E-state index is 12.6. The van der Waals surface area contributed by atoms with E-state index in [1.807, 2.05) is 18.7 Å². The highest BCUT2D eigenvalue weighted by Crippen LogP contribution is 2.39. The van der Waals surface area contributed by atoms with Crippen LogP contribution in [0.3, 0.4) is 0 Å². The van der Waals surface area contributed by atoms with Gasteiger partial charge in [0, 0.05) is 6.54 Å². The van der Waals surface area contributed by atoms with Gasteiger partial charge in [-0.25, -0.2) is 0 Å². The number of fused-ring (bicyclic) bond motifs is 1. The fraction of sp³-hybridized carbons (Fsp3) is 0.533. The monoisotopic (exact) mass is 314 g/mol. The lowest BCUT2D eigenvalue weighted by molar-refractivity contribution is -0.120. The minimum atomic E-state index is -0.224. The molecule has 5 heteroatoms. The summed E-state index contributed by atoms with van der Waals surface area (Å²) < 4.78 is 0. The molecule has 1 aromatic carbocycles. The second-order valence-corrected chi connectivity index (χ2v) is 6.81. The fourth-order valence-corrected chi connectivity index (χ4v) is 2.72. The van der Waals surface area contributed by atoms with E-state index in [0.717, 1.165) is 11.4 Å². The zero-order valence-corrected chi connectivity index (χ0v) is 13.7. The second kappa shape index (κ2) is 5.82. The average molecular weight is 315 g/mol. The number of rotatable bonds is 3. The Morgan fingerprint density at radius 3 is 2.35 bits per heavy atom. The third kappa shape index (κ3) is 2.89. The molecule has 1 aliphatic rings. The maximum atomic E-state index is 12.6. The molecule has 0 spiro atoms. The van der Waals surface area contributed by atoms with Crippen molar-refractivity contribution in [3.8, 4) is 0 Å². The molecular formula is C15H20Cl2N2O. The van der Waals surface area contributed by atoms with Crippen molar-refractivity contribution in [2.45, 2.75) is 33.7 Å². The molecular weight excluding hydrogens is 295 g/mol. The van der Waals surface area contributed by atoms with Crippen LogP contribution in [0.4, 0.5) is 11.4 Å². The molecule has 1 aromatic rings. The highest BCUT2D eigenvalue weighted by Gasteiger charge is 2.34. The Balaban J connectivity index is 2.49. The van der Waals surface area contributed by atoms with Crippen LogP contribution in [-0.4, -0.2) is 18.5 Å². The highest BCUT2D eigenvalue weighted by molar-refractivity contribution is 6.42. The van der Waals surface area contributed by atoms with Crippen LogP contribution in [0.5, 0.6) is 0 Å². The molecule has 1 heterocycles. The van der Waals surface area contributed by atoms with Crippen molar-refractivity contribution in [1.82, 2.24) is 0 Å². The van der Waals surface area contributed by atoms with Crippen LogP contribution in [-0.2, 0) is 4.79 Å². The Morgan fingerprint density at radius 2 is 1.80 bits per heavy atom. The minimum absolute atomic E-state index is 0.0968. The number of amides is 1. The van der Waals surface area contributed by atoms with Crippen LogP contribution >= 0.6 is 23.2 Å². The Labute approximate surface area is 130 Å². The number of carbonyl (C=O) groups is 1. The molecule has 0 bridgehead atoms. The predicted octanol–water partition coefficient (Wildman–Crippen LogP) is 4.43. The smallest absolute Gasteiger partial charge is 0.249 e. The van der Waals surface area contributed by atoms with E-state index in [1.165, 1.54) is 0 Å². The third-order valence-electron chi connectivity index (χ3n) is 3.39. The van der Waals surface area contributed by atoms with Crippen LogP contribution in [0.25, 0.3) is 0 Å². The number of halogens is 2. The normalized spacial score (nSPS) is 18.5. The van der Waals surface area contributed by atoms with Gasteiger partial charge in [0.2, 0.25) is 5.91 Å². The van der Waals surface area contributed by atoms with E-state index in [1.54, 1.807) is 12.1 Å². The van der Waals surface area contributed by atoms with Crippen LogP contribution in [0, 0.1) is 11.8 Å². The molecule has 1 atom stereocenters. The van der Waals surface area contributed by atoms with Gasteiger partial charge in [-0.2, -0.15) is 0 Å². The summed E-state index contributed by atoms with van der Waals surface area (Å²) >= 11 is 12.2. The second-order valence-electron chi connectivity index (χ2n) is 5.99. The van der Waals surface area contributed by atoms with Crippen molar-refractivity contribution in [3.63, 3.8) is 0 Å². The number of benzene rings is 1. The van der Waals surface area contributed by atoms with Crippen LogP contribution in [0.2, 0.25) is 10.0 Å². The minimum Gasteiger partial charge on any atom is -0.372 e. The first kappa shape index (κ1) is 15.5. The van der Waals surface area contributed by atoms with Gasteiger partial charge in [-0.1, -0.05) is 50.9 Å². The maximum Gasteiger partial charge on any atom is 0.249 e. The van der Waals surface area contributed by atoms with Crippen LogP contribution in [0.1, 0.15) is 27.7 Å². The molecule has 0 radical (unpaired) electrons. The van der Waals surface area contributed by atoms with Crippen LogP contribution < -0.4 is 10.2 Å². The van der Waals surface area contributed by atoms with Crippen LogP contribution in [0.15, 0.2) is 12.1 Å². The zero-order chi connectivity index (χ0) is 15.0. The first-order chi connectivity index (χ1) is 9.31. The molecule has 1 N–H and O–H groups in total. The zero-order valence-electron chi connectivity index (χ0n) is 12.2. The summed E-state index contributed by atoms with van der Waals surface area (Å²) in [6, 6.07) is 3.34. The largest absolute Gasteiger partial charge is 0.372 e. The quantitative estimate of drug-likeness (QED) is 0.895. The van der Waals surface area contributed by atoms with Gasteiger partial charge >= 0.3 is 0 Å². The third-order valence-corrected chi connectivity index (χ3v) is 4.11. The summed E-state index contributed by atoms with van der Waals surface area (Å²) in [6.07, 6.45) is 0. The van der Waals surface area contributed by atoms with Gasteiger partial charge < -0.3 is 10.2 Å². The van der Waals surface area contributed by atoms with E-state index in [0.29, 0.717) is 22.5 Å². The van der Waals surface area contributed by atoms with E-state index in [4.69, 9.17) is 23.2 Å². The molecule has 20 heavy (non-hydrogen) atoms. The lowest BCUT2D eigenvalue weighted by Gasteiger charge is -2.38. The summed E-state index contributed by atoms with van der Waals surface area (Å²) in [5, 5.41) is 4.25. The SMILES string of the molecule is CC(C)CN1C(=O)C(C(C)C)Nc2cc(Cl)c(Cl)cc21. The Hall–Kier alpha value is -0.930. The molecule has 0 saturated carbocycles. The van der Waals surface area contributed by atoms with Gasteiger partial charge in [0.1, 0.15) is 6.04 Å². The molecule has 1 unspecified atom stereocenters. The van der Waals surface area contributed by atoms with E-state index in [2.05, 4.69) is 19.2 Å². The first-order valence-electron chi connectivity index (χ1n) is 6.88. The number of hydrogen-bond donors (Lipinski definition) is 1. The fourth-order valence-electron chi connectivity index (χ4n) is 2.40. The highest BCUT2D eigenvalue weighted by atomic mass is 35.5. The van der Waals surface area contributed by atoms with Crippen molar-refractivity contribution in [2.24, 2.45) is 11.8 Å². The molecule has 0 saturated heterocycles. The van der Waals surface area contributed by atoms with Crippen molar-refractivity contribution >= 4 is 40.5 Å². The van der Waals surface area contributed by atoms with Gasteiger partial charge in [-0.15, -0.1) is 0 Å². The molecule has 3 nitrogen and oxygen atoms in total. The molecule has 1 amide bonds. The summed E-state index contributed by atoms with van der Waals surface area (Å²) in [5.41, 5.74) is 1.69. The van der Waals surface area contributed by atoms with Gasteiger partial charge in [0.05, 0.1) is 21.4 Å². The number of hydrogen-bond acceptors (Lipinski definition) is 2. The number of carbonyl (C=O) groups excluding carboxylic acids is 1. The molecule has 1 aliphatic heterocycles. The number of nitrogens with one attached hydrogen (secondary N) is 1. The number of anilines is 2. The van der Waals surface area contributed by atoms with E-state index < -0.39 is 0 Å². The van der Waals surface area contributed by atoms with Gasteiger partial charge in [0.15, 0.2) is 0 Å². The lowest BCUT2D eigenvalue weighted by atomic mass is 9.98. The summed E-state index contributed by atoms with van der Waals surface area (Å²) in [7, 11) is 0. The molecule has 0 fully saturated rings. The van der Waals surface area contributed by atoms with Gasteiger partial charge in [0.25, 0.3) is 0 Å². The standard InChI is InChI=1S/C15H20Cl2N2O/c1-8(2)7-19-13-6-11(17)10(16)5-12(13)18-14(9(3)4)15(19)20/h5-6,8-9,14,18H,7H2,1-4H3.